The van der Waals surface area contributed by atoms with Gasteiger partial charge in [0.15, 0.2) is 0 Å². The van der Waals surface area contributed by atoms with Crippen LogP contribution in [0.25, 0.3) is 0 Å². The Morgan fingerprint density at radius 1 is 1.24 bits per heavy atom. The van der Waals surface area contributed by atoms with Crippen LogP contribution in [0.3, 0.4) is 0 Å². The number of carbonyl (C=O) groups is 2. The van der Waals surface area contributed by atoms with Gasteiger partial charge in [0.2, 0.25) is 11.8 Å². The Morgan fingerprint density at radius 3 is 2.60 bits per heavy atom. The fourth-order valence-electron chi connectivity index (χ4n) is 2.85. The zero-order valence-electron chi connectivity index (χ0n) is 15.2. The van der Waals surface area contributed by atoms with E-state index in [-0.39, 0.29) is 11.8 Å². The Morgan fingerprint density at radius 2 is 1.96 bits per heavy atom. The first-order chi connectivity index (χ1) is 12.0. The number of hydrogen-bond acceptors (Lipinski definition) is 5. The summed E-state index contributed by atoms with van der Waals surface area (Å²) in [6.07, 6.45) is 0. The molecule has 1 heterocycles. The van der Waals surface area contributed by atoms with Crippen molar-refractivity contribution in [1.29, 1.82) is 0 Å². The molecule has 0 radical (unpaired) electrons. The van der Waals surface area contributed by atoms with Gasteiger partial charge in [-0.05, 0) is 26.0 Å². The normalized spacial score (nSPS) is 16.2. The van der Waals surface area contributed by atoms with E-state index >= 15 is 0 Å². The highest BCUT2D eigenvalue weighted by atomic mass is 16.5. The molecule has 2 amide bonds. The van der Waals surface area contributed by atoms with E-state index in [0.717, 1.165) is 37.6 Å². The van der Waals surface area contributed by atoms with Crippen LogP contribution >= 0.6 is 0 Å². The summed E-state index contributed by atoms with van der Waals surface area (Å²) in [6.45, 7) is 7.75. The van der Waals surface area contributed by atoms with Gasteiger partial charge >= 0.3 is 0 Å². The van der Waals surface area contributed by atoms with Gasteiger partial charge < -0.3 is 20.3 Å². The van der Waals surface area contributed by atoms with Gasteiger partial charge in [-0.15, -0.1) is 0 Å². The SMILES string of the molecule is CCNC(=O)[C@H](C)NC(=O)CN1CCN(c2cccc(OC)c2)CC1. The van der Waals surface area contributed by atoms with Gasteiger partial charge in [-0.3, -0.25) is 14.5 Å². The molecule has 0 unspecified atom stereocenters. The van der Waals surface area contributed by atoms with Crippen LogP contribution in [0.2, 0.25) is 0 Å². The molecule has 7 nitrogen and oxygen atoms in total. The summed E-state index contributed by atoms with van der Waals surface area (Å²) >= 11 is 0. The molecule has 1 aromatic rings. The van der Waals surface area contributed by atoms with Crippen molar-refractivity contribution < 1.29 is 14.3 Å². The number of nitrogens with zero attached hydrogens (tertiary/aromatic N) is 2. The lowest BCUT2D eigenvalue weighted by atomic mass is 10.2. The second-order valence-electron chi connectivity index (χ2n) is 6.15. The molecule has 0 aliphatic carbocycles. The van der Waals surface area contributed by atoms with E-state index in [2.05, 4.69) is 26.5 Å². The summed E-state index contributed by atoms with van der Waals surface area (Å²) in [6, 6.07) is 7.50. The predicted molar refractivity (Wildman–Crippen MR) is 97.9 cm³/mol. The summed E-state index contributed by atoms with van der Waals surface area (Å²) in [7, 11) is 1.66. The molecular weight excluding hydrogens is 320 g/mol. The summed E-state index contributed by atoms with van der Waals surface area (Å²) < 4.78 is 5.27. The first-order valence-electron chi connectivity index (χ1n) is 8.72. The number of nitrogens with one attached hydrogen (secondary N) is 2. The van der Waals surface area contributed by atoms with E-state index in [9.17, 15) is 9.59 Å². The number of amides is 2. The molecule has 0 spiro atoms. The molecule has 1 aliphatic rings. The molecular formula is C18H28N4O3. The van der Waals surface area contributed by atoms with Gasteiger partial charge in [-0.2, -0.15) is 0 Å². The number of methoxy groups -OCH3 is 1. The summed E-state index contributed by atoms with van der Waals surface area (Å²) in [5.74, 6) is 0.575. The van der Waals surface area contributed by atoms with Crippen LogP contribution in [-0.4, -0.2) is 69.1 Å². The summed E-state index contributed by atoms with van der Waals surface area (Å²) in [5, 5.41) is 5.45. The van der Waals surface area contributed by atoms with E-state index in [1.54, 1.807) is 14.0 Å². The standard InChI is InChI=1S/C18H28N4O3/c1-4-19-18(24)14(2)20-17(23)13-21-8-10-22(11-9-21)15-6-5-7-16(12-15)25-3/h5-7,12,14H,4,8-11,13H2,1-3H3,(H,19,24)(H,20,23)/t14-/m0/s1. The number of rotatable bonds is 7. The number of ether oxygens (including phenoxy) is 1. The summed E-state index contributed by atoms with van der Waals surface area (Å²) in [5.41, 5.74) is 1.13. The molecule has 0 bridgehead atoms. The molecule has 1 aromatic carbocycles. The molecule has 25 heavy (non-hydrogen) atoms. The van der Waals surface area contributed by atoms with Crippen molar-refractivity contribution in [3.63, 3.8) is 0 Å². The lowest BCUT2D eigenvalue weighted by Gasteiger charge is -2.36. The zero-order chi connectivity index (χ0) is 18.2. The van der Waals surface area contributed by atoms with Crippen molar-refractivity contribution in [3.8, 4) is 5.75 Å². The Labute approximate surface area is 149 Å². The third-order valence-corrected chi connectivity index (χ3v) is 4.28. The van der Waals surface area contributed by atoms with E-state index in [1.165, 1.54) is 0 Å². The highest BCUT2D eigenvalue weighted by Crippen LogP contribution is 2.21. The van der Waals surface area contributed by atoms with Crippen molar-refractivity contribution in [1.82, 2.24) is 15.5 Å². The quantitative estimate of drug-likeness (QED) is 0.749. The molecule has 1 aliphatic heterocycles. The molecule has 2 N–H and O–H groups in total. The smallest absolute Gasteiger partial charge is 0.242 e. The molecule has 1 fully saturated rings. The second kappa shape index (κ2) is 9.27. The van der Waals surface area contributed by atoms with Gasteiger partial charge in [-0.1, -0.05) is 6.07 Å². The highest BCUT2D eigenvalue weighted by molar-refractivity contribution is 5.87. The van der Waals surface area contributed by atoms with Crippen LogP contribution in [0.1, 0.15) is 13.8 Å². The maximum atomic E-state index is 12.1. The third kappa shape index (κ3) is 5.63. The number of benzene rings is 1. The minimum absolute atomic E-state index is 0.117. The molecule has 0 saturated carbocycles. The zero-order valence-corrected chi connectivity index (χ0v) is 15.2. The maximum Gasteiger partial charge on any atom is 0.242 e. The van der Waals surface area contributed by atoms with Crippen molar-refractivity contribution in [2.45, 2.75) is 19.9 Å². The Hall–Kier alpha value is -2.28. The minimum Gasteiger partial charge on any atom is -0.497 e. The average molecular weight is 348 g/mol. The van der Waals surface area contributed by atoms with Crippen LogP contribution in [0, 0.1) is 0 Å². The molecule has 138 valence electrons. The van der Waals surface area contributed by atoms with Gasteiger partial charge in [0.1, 0.15) is 11.8 Å². The third-order valence-electron chi connectivity index (χ3n) is 4.28. The topological polar surface area (TPSA) is 73.9 Å². The molecule has 0 aromatic heterocycles. The van der Waals surface area contributed by atoms with Crippen LogP contribution in [0.4, 0.5) is 5.69 Å². The van der Waals surface area contributed by atoms with Gasteiger partial charge in [0.25, 0.3) is 0 Å². The van der Waals surface area contributed by atoms with Crippen LogP contribution in [0.15, 0.2) is 24.3 Å². The fraction of sp³-hybridized carbons (Fsp3) is 0.556. The van der Waals surface area contributed by atoms with E-state index in [0.29, 0.717) is 13.1 Å². The number of anilines is 1. The number of piperazine rings is 1. The molecule has 2 rings (SSSR count). The summed E-state index contributed by atoms with van der Waals surface area (Å²) in [4.78, 5) is 28.2. The maximum absolute atomic E-state index is 12.1. The average Bonchev–Trinajstić information content (AvgIpc) is 2.62. The Balaban J connectivity index is 1.78. The molecule has 1 saturated heterocycles. The lowest BCUT2D eigenvalue weighted by Crippen LogP contribution is -2.52. The van der Waals surface area contributed by atoms with Crippen molar-refractivity contribution in [2.24, 2.45) is 0 Å². The van der Waals surface area contributed by atoms with E-state index in [4.69, 9.17) is 4.74 Å². The highest BCUT2D eigenvalue weighted by Gasteiger charge is 2.21. The van der Waals surface area contributed by atoms with Crippen LogP contribution < -0.4 is 20.3 Å². The largest absolute Gasteiger partial charge is 0.497 e. The van der Waals surface area contributed by atoms with Gasteiger partial charge in [0.05, 0.1) is 13.7 Å². The van der Waals surface area contributed by atoms with E-state index < -0.39 is 6.04 Å². The number of carbonyl (C=O) groups excluding carboxylic acids is 2. The van der Waals surface area contributed by atoms with Crippen molar-refractivity contribution in [2.75, 3.05) is 51.3 Å². The minimum atomic E-state index is -0.509. The van der Waals surface area contributed by atoms with Crippen LogP contribution in [0.5, 0.6) is 5.75 Å². The lowest BCUT2D eigenvalue weighted by molar-refractivity contribution is -0.129. The Kier molecular flexibility index (Phi) is 7.06. The van der Waals surface area contributed by atoms with E-state index in [1.807, 2.05) is 25.1 Å². The van der Waals surface area contributed by atoms with Gasteiger partial charge in [0, 0.05) is 44.5 Å². The first kappa shape index (κ1) is 19.1. The predicted octanol–water partition coefficient (Wildman–Crippen LogP) is 0.458. The van der Waals surface area contributed by atoms with Crippen molar-refractivity contribution >= 4 is 17.5 Å². The van der Waals surface area contributed by atoms with Crippen LogP contribution in [-0.2, 0) is 9.59 Å². The van der Waals surface area contributed by atoms with Crippen molar-refractivity contribution in [3.05, 3.63) is 24.3 Å². The number of hydrogen-bond donors (Lipinski definition) is 2. The number of likely N-dealkylation sites (N-methyl/N-ethyl adjacent to an activating group) is 1. The Bertz CT molecular complexity index is 585. The molecule has 7 heteroatoms. The monoisotopic (exact) mass is 348 g/mol. The first-order valence-corrected chi connectivity index (χ1v) is 8.72. The van der Waals surface area contributed by atoms with Gasteiger partial charge in [-0.25, -0.2) is 0 Å². The second-order valence-corrected chi connectivity index (χ2v) is 6.15. The fourth-order valence-corrected chi connectivity index (χ4v) is 2.85. The molecule has 1 atom stereocenters.